The number of rotatable bonds is 2. The van der Waals surface area contributed by atoms with E-state index in [-0.39, 0.29) is 0 Å². The molecule has 0 radical (unpaired) electrons. The summed E-state index contributed by atoms with van der Waals surface area (Å²) in [6, 6.07) is 15.0. The van der Waals surface area contributed by atoms with E-state index in [1.54, 1.807) is 0 Å². The van der Waals surface area contributed by atoms with Crippen LogP contribution < -0.4 is 10.6 Å². The van der Waals surface area contributed by atoms with Gasteiger partial charge in [0.25, 0.3) is 0 Å². The first-order valence-electron chi connectivity index (χ1n) is 6.42. The van der Waals surface area contributed by atoms with E-state index < -0.39 is 0 Å². The van der Waals surface area contributed by atoms with Gasteiger partial charge < -0.3 is 10.6 Å². The second-order valence-corrected chi connectivity index (χ2v) is 4.55. The number of hydrogen-bond acceptors (Lipinski definition) is 3. The normalized spacial score (nSPS) is 15.0. The highest BCUT2D eigenvalue weighted by Gasteiger charge is 2.03. The highest BCUT2D eigenvalue weighted by atomic mass is 15.2. The molecular weight excluding hydrogens is 222 g/mol. The van der Waals surface area contributed by atoms with Crippen molar-refractivity contribution >= 4 is 16.7 Å². The largest absolute Gasteiger partial charge is 0.356 e. The topological polar surface area (TPSA) is 36.4 Å². The lowest BCUT2D eigenvalue weighted by Crippen LogP contribution is -2.40. The van der Waals surface area contributed by atoms with E-state index in [2.05, 4.69) is 58.1 Å². The molecule has 1 aliphatic heterocycles. The Morgan fingerprint density at radius 1 is 1.11 bits per heavy atom. The molecule has 0 unspecified atom stereocenters. The minimum atomic E-state index is 0.816. The highest BCUT2D eigenvalue weighted by molar-refractivity contribution is 5.83. The van der Waals surface area contributed by atoms with Gasteiger partial charge in [-0.2, -0.15) is 0 Å². The monoisotopic (exact) mass is 239 g/mol. The van der Waals surface area contributed by atoms with Crippen molar-refractivity contribution in [2.75, 3.05) is 13.1 Å². The third kappa shape index (κ3) is 2.45. The number of nitrogens with zero attached hydrogens (tertiary/aromatic N) is 1. The van der Waals surface area contributed by atoms with E-state index in [4.69, 9.17) is 0 Å². The summed E-state index contributed by atoms with van der Waals surface area (Å²) in [6.07, 6.45) is 1.13. The SMILES string of the molecule is c1ccc2cc(CNC3=NCCCN3)ccc2c1. The van der Waals surface area contributed by atoms with Crippen LogP contribution in [0, 0.1) is 0 Å². The Kier molecular flexibility index (Phi) is 3.13. The molecule has 92 valence electrons. The average molecular weight is 239 g/mol. The van der Waals surface area contributed by atoms with Crippen LogP contribution in [-0.2, 0) is 6.54 Å². The molecule has 1 heterocycles. The van der Waals surface area contributed by atoms with Crippen molar-refractivity contribution in [3.05, 3.63) is 48.0 Å². The van der Waals surface area contributed by atoms with Crippen molar-refractivity contribution in [2.24, 2.45) is 4.99 Å². The van der Waals surface area contributed by atoms with Crippen LogP contribution in [0.1, 0.15) is 12.0 Å². The molecule has 2 N–H and O–H groups in total. The molecule has 0 saturated carbocycles. The molecule has 3 heteroatoms. The Balaban J connectivity index is 1.72. The van der Waals surface area contributed by atoms with E-state index in [1.165, 1.54) is 16.3 Å². The molecule has 2 aromatic carbocycles. The number of fused-ring (bicyclic) bond motifs is 1. The van der Waals surface area contributed by atoms with Crippen molar-refractivity contribution < 1.29 is 0 Å². The summed E-state index contributed by atoms with van der Waals surface area (Å²) in [5.74, 6) is 0.925. The molecule has 0 fully saturated rings. The van der Waals surface area contributed by atoms with Crippen LogP contribution >= 0.6 is 0 Å². The molecule has 0 spiro atoms. The van der Waals surface area contributed by atoms with Crippen molar-refractivity contribution in [3.63, 3.8) is 0 Å². The van der Waals surface area contributed by atoms with Gasteiger partial charge in [-0.15, -0.1) is 0 Å². The third-order valence-corrected chi connectivity index (χ3v) is 3.17. The first-order valence-corrected chi connectivity index (χ1v) is 6.42. The maximum atomic E-state index is 4.40. The first-order chi connectivity index (χ1) is 8.92. The summed E-state index contributed by atoms with van der Waals surface area (Å²) < 4.78 is 0. The molecule has 1 aliphatic rings. The van der Waals surface area contributed by atoms with Gasteiger partial charge in [0.15, 0.2) is 5.96 Å². The van der Waals surface area contributed by atoms with E-state index >= 15 is 0 Å². The Bertz CT molecular complexity index is 575. The van der Waals surface area contributed by atoms with Crippen molar-refractivity contribution in [1.29, 1.82) is 0 Å². The third-order valence-electron chi connectivity index (χ3n) is 3.17. The van der Waals surface area contributed by atoms with Gasteiger partial charge in [0.2, 0.25) is 0 Å². The van der Waals surface area contributed by atoms with E-state index in [1.807, 2.05) is 0 Å². The fourth-order valence-corrected chi connectivity index (χ4v) is 2.19. The number of nitrogens with one attached hydrogen (secondary N) is 2. The van der Waals surface area contributed by atoms with Gasteiger partial charge in [0.1, 0.15) is 0 Å². The number of benzene rings is 2. The van der Waals surface area contributed by atoms with Crippen molar-refractivity contribution in [1.82, 2.24) is 10.6 Å². The van der Waals surface area contributed by atoms with Crippen LogP contribution in [0.4, 0.5) is 0 Å². The first kappa shape index (κ1) is 11.1. The zero-order valence-corrected chi connectivity index (χ0v) is 10.3. The Morgan fingerprint density at radius 2 is 2.00 bits per heavy atom. The summed E-state index contributed by atoms with van der Waals surface area (Å²) in [4.78, 5) is 4.40. The molecule has 2 aromatic rings. The van der Waals surface area contributed by atoms with E-state index in [9.17, 15) is 0 Å². The Hall–Kier alpha value is -2.03. The number of hydrogen-bond donors (Lipinski definition) is 2. The molecule has 0 amide bonds. The quantitative estimate of drug-likeness (QED) is 0.843. The van der Waals surface area contributed by atoms with Crippen molar-refractivity contribution in [3.8, 4) is 0 Å². The predicted octanol–water partition coefficient (Wildman–Crippen LogP) is 2.28. The van der Waals surface area contributed by atoms with Gasteiger partial charge in [0, 0.05) is 19.6 Å². The van der Waals surface area contributed by atoms with Gasteiger partial charge in [0.05, 0.1) is 0 Å². The minimum absolute atomic E-state index is 0.816. The summed E-state index contributed by atoms with van der Waals surface area (Å²) in [6.45, 7) is 2.76. The maximum Gasteiger partial charge on any atom is 0.191 e. The van der Waals surface area contributed by atoms with Crippen LogP contribution in [0.3, 0.4) is 0 Å². The molecule has 0 bridgehead atoms. The summed E-state index contributed by atoms with van der Waals surface area (Å²) in [7, 11) is 0. The van der Waals surface area contributed by atoms with E-state index in [0.29, 0.717) is 0 Å². The second kappa shape index (κ2) is 5.08. The maximum absolute atomic E-state index is 4.40. The molecular formula is C15H17N3. The van der Waals surface area contributed by atoms with Gasteiger partial charge in [-0.1, -0.05) is 36.4 Å². The molecule has 0 aromatic heterocycles. The van der Waals surface area contributed by atoms with E-state index in [0.717, 1.165) is 32.0 Å². The molecule has 3 nitrogen and oxygen atoms in total. The lowest BCUT2D eigenvalue weighted by atomic mass is 10.1. The van der Waals surface area contributed by atoms with Crippen LogP contribution in [0.2, 0.25) is 0 Å². The Labute approximate surface area is 107 Å². The standard InChI is InChI=1S/C15H17N3/c1-2-5-14-10-12(6-7-13(14)4-1)11-18-15-16-8-3-9-17-15/h1-2,4-7,10H,3,8-9,11H2,(H2,16,17,18). The zero-order chi connectivity index (χ0) is 12.2. The summed E-state index contributed by atoms with van der Waals surface area (Å²) >= 11 is 0. The lowest BCUT2D eigenvalue weighted by molar-refractivity contribution is 0.702. The van der Waals surface area contributed by atoms with Crippen molar-refractivity contribution in [2.45, 2.75) is 13.0 Å². The van der Waals surface area contributed by atoms with Crippen LogP contribution in [0.5, 0.6) is 0 Å². The minimum Gasteiger partial charge on any atom is -0.356 e. The van der Waals surface area contributed by atoms with Gasteiger partial charge in [-0.3, -0.25) is 4.99 Å². The molecule has 3 rings (SSSR count). The van der Waals surface area contributed by atoms with Gasteiger partial charge >= 0.3 is 0 Å². The van der Waals surface area contributed by atoms with Gasteiger partial charge in [-0.25, -0.2) is 0 Å². The number of guanidine groups is 1. The fraction of sp³-hybridized carbons (Fsp3) is 0.267. The van der Waals surface area contributed by atoms with Gasteiger partial charge in [-0.05, 0) is 28.8 Å². The highest BCUT2D eigenvalue weighted by Crippen LogP contribution is 2.15. The molecule has 18 heavy (non-hydrogen) atoms. The smallest absolute Gasteiger partial charge is 0.191 e. The fourth-order valence-electron chi connectivity index (χ4n) is 2.19. The predicted molar refractivity (Wildman–Crippen MR) is 75.7 cm³/mol. The molecule has 0 saturated heterocycles. The summed E-state index contributed by atoms with van der Waals surface area (Å²) in [5.41, 5.74) is 1.28. The average Bonchev–Trinajstić information content (AvgIpc) is 2.46. The summed E-state index contributed by atoms with van der Waals surface area (Å²) in [5, 5.41) is 9.18. The van der Waals surface area contributed by atoms with Crippen LogP contribution in [0.25, 0.3) is 10.8 Å². The lowest BCUT2D eigenvalue weighted by Gasteiger charge is -2.16. The number of aliphatic imine (C=N–C) groups is 1. The van der Waals surface area contributed by atoms with Crippen LogP contribution in [-0.4, -0.2) is 19.0 Å². The van der Waals surface area contributed by atoms with Crippen LogP contribution in [0.15, 0.2) is 47.5 Å². The Morgan fingerprint density at radius 3 is 2.83 bits per heavy atom. The zero-order valence-electron chi connectivity index (χ0n) is 10.3. The second-order valence-electron chi connectivity index (χ2n) is 4.55. The molecule has 0 atom stereocenters. The molecule has 0 aliphatic carbocycles.